The summed E-state index contributed by atoms with van der Waals surface area (Å²) in [4.78, 5) is 14.2. The van der Waals surface area contributed by atoms with Crippen molar-refractivity contribution in [1.82, 2.24) is 0 Å². The van der Waals surface area contributed by atoms with Gasteiger partial charge in [-0.15, -0.1) is 0 Å². The minimum absolute atomic E-state index is 0.195. The molecule has 2 aromatic carbocycles. The Morgan fingerprint density at radius 1 is 1.15 bits per heavy atom. The number of methoxy groups -OCH3 is 1. The number of carbonyl (C=O) groups is 1. The summed E-state index contributed by atoms with van der Waals surface area (Å²) in [6.07, 6.45) is -1.25. The quantitative estimate of drug-likeness (QED) is 0.873. The van der Waals surface area contributed by atoms with Crippen molar-refractivity contribution in [2.24, 2.45) is 0 Å². The molecule has 0 saturated carbocycles. The molecule has 2 unspecified atom stereocenters. The topological polar surface area (TPSA) is 83.9 Å². The van der Waals surface area contributed by atoms with E-state index in [-0.39, 0.29) is 11.3 Å². The Morgan fingerprint density at radius 3 is 2.35 bits per heavy atom. The zero-order valence-corrected chi connectivity index (χ0v) is 14.8. The number of halogens is 1. The van der Waals surface area contributed by atoms with Crippen molar-refractivity contribution in [1.29, 1.82) is 0 Å². The Balaban J connectivity index is 2.07. The van der Waals surface area contributed by atoms with Crippen LogP contribution in [0.5, 0.6) is 5.75 Å². The highest BCUT2D eigenvalue weighted by atomic mass is 32.2. The van der Waals surface area contributed by atoms with Crippen LogP contribution in [0.2, 0.25) is 0 Å². The van der Waals surface area contributed by atoms with Crippen LogP contribution in [0.4, 0.5) is 10.1 Å². The first-order chi connectivity index (χ1) is 12.3. The number of sulfone groups is 1. The van der Waals surface area contributed by atoms with Gasteiger partial charge in [-0.25, -0.2) is 12.8 Å². The van der Waals surface area contributed by atoms with Gasteiger partial charge in [0, 0.05) is 5.69 Å². The van der Waals surface area contributed by atoms with Gasteiger partial charge in [-0.1, -0.05) is 12.1 Å². The number of rotatable bonds is 4. The van der Waals surface area contributed by atoms with E-state index in [2.05, 4.69) is 0 Å². The van der Waals surface area contributed by atoms with Crippen LogP contribution in [0.15, 0.2) is 48.5 Å². The van der Waals surface area contributed by atoms with Crippen molar-refractivity contribution in [3.63, 3.8) is 0 Å². The van der Waals surface area contributed by atoms with Gasteiger partial charge in [0.2, 0.25) is 0 Å². The van der Waals surface area contributed by atoms with E-state index in [0.717, 1.165) is 11.0 Å². The van der Waals surface area contributed by atoms with Crippen LogP contribution in [-0.4, -0.2) is 50.2 Å². The third-order valence-electron chi connectivity index (χ3n) is 4.30. The molecule has 1 heterocycles. The van der Waals surface area contributed by atoms with Crippen molar-refractivity contribution >= 4 is 21.4 Å². The molecule has 0 bridgehead atoms. The van der Waals surface area contributed by atoms with Crippen molar-refractivity contribution in [2.45, 2.75) is 12.1 Å². The monoisotopic (exact) mass is 379 g/mol. The highest BCUT2D eigenvalue weighted by Gasteiger charge is 2.43. The number of benzene rings is 2. The van der Waals surface area contributed by atoms with Crippen LogP contribution < -0.4 is 9.64 Å². The largest absolute Gasteiger partial charge is 0.497 e. The first kappa shape index (κ1) is 18.3. The van der Waals surface area contributed by atoms with Gasteiger partial charge in [0.15, 0.2) is 9.84 Å². The van der Waals surface area contributed by atoms with Crippen LogP contribution in [-0.2, 0) is 9.84 Å². The number of nitrogens with zero attached hydrogens (tertiary/aromatic N) is 1. The van der Waals surface area contributed by atoms with Crippen LogP contribution >= 0.6 is 0 Å². The van der Waals surface area contributed by atoms with Crippen LogP contribution in [0.25, 0.3) is 0 Å². The highest BCUT2D eigenvalue weighted by Crippen LogP contribution is 2.29. The van der Waals surface area contributed by atoms with E-state index < -0.39 is 39.5 Å². The van der Waals surface area contributed by atoms with Gasteiger partial charge < -0.3 is 14.7 Å². The second kappa shape index (κ2) is 7.05. The lowest BCUT2D eigenvalue weighted by molar-refractivity contribution is 0.0941. The van der Waals surface area contributed by atoms with Crippen LogP contribution in [0.1, 0.15) is 10.4 Å². The molecular weight excluding hydrogens is 361 g/mol. The van der Waals surface area contributed by atoms with Crippen LogP contribution in [0, 0.1) is 5.82 Å². The molecular formula is C18H18FNO5S. The fourth-order valence-electron chi connectivity index (χ4n) is 3.02. The number of anilines is 1. The van der Waals surface area contributed by atoms with Gasteiger partial charge in [-0.05, 0) is 36.4 Å². The zero-order chi connectivity index (χ0) is 18.9. The third kappa shape index (κ3) is 3.56. The Hall–Kier alpha value is -2.45. The number of hydrogen-bond donors (Lipinski definition) is 1. The van der Waals surface area contributed by atoms with Crippen molar-refractivity contribution in [3.8, 4) is 5.75 Å². The molecule has 1 aliphatic rings. The maximum absolute atomic E-state index is 14.1. The third-order valence-corrected chi connectivity index (χ3v) is 6.00. The Labute approximate surface area is 150 Å². The molecule has 8 heteroatoms. The zero-order valence-electron chi connectivity index (χ0n) is 14.0. The highest BCUT2D eigenvalue weighted by molar-refractivity contribution is 7.91. The second-order valence-corrected chi connectivity index (χ2v) is 8.22. The molecule has 3 rings (SSSR count). The normalized spacial score (nSPS) is 21.3. The lowest BCUT2D eigenvalue weighted by Crippen LogP contribution is -2.47. The fraction of sp³-hybridized carbons (Fsp3) is 0.278. The summed E-state index contributed by atoms with van der Waals surface area (Å²) in [5.74, 6) is -1.71. The lowest BCUT2D eigenvalue weighted by atomic mass is 10.1. The molecule has 1 aliphatic heterocycles. The van der Waals surface area contributed by atoms with Gasteiger partial charge in [-0.3, -0.25) is 4.79 Å². The molecule has 26 heavy (non-hydrogen) atoms. The van der Waals surface area contributed by atoms with E-state index in [9.17, 15) is 22.7 Å². The molecule has 138 valence electrons. The number of ether oxygens (including phenoxy) is 1. The van der Waals surface area contributed by atoms with Gasteiger partial charge in [0.1, 0.15) is 11.6 Å². The average Bonchev–Trinajstić information content (AvgIpc) is 2.88. The number of aliphatic hydroxyl groups is 1. The Bertz CT molecular complexity index is 913. The SMILES string of the molecule is COc1ccc(N(C(=O)c2ccccc2F)C2CS(=O)(=O)CC2O)cc1. The molecule has 1 N–H and O–H groups in total. The summed E-state index contributed by atoms with van der Waals surface area (Å²) >= 11 is 0. The van der Waals surface area contributed by atoms with Gasteiger partial charge >= 0.3 is 0 Å². The average molecular weight is 379 g/mol. The first-order valence-electron chi connectivity index (χ1n) is 7.93. The smallest absolute Gasteiger partial charge is 0.261 e. The van der Waals surface area contributed by atoms with Crippen molar-refractivity contribution < 1.29 is 27.4 Å². The van der Waals surface area contributed by atoms with E-state index in [1.807, 2.05) is 0 Å². The van der Waals surface area contributed by atoms with E-state index in [1.54, 1.807) is 24.3 Å². The predicted octanol–water partition coefficient (Wildman–Crippen LogP) is 1.64. The predicted molar refractivity (Wildman–Crippen MR) is 94.7 cm³/mol. The molecule has 1 amide bonds. The van der Waals surface area contributed by atoms with Gasteiger partial charge in [-0.2, -0.15) is 0 Å². The van der Waals surface area contributed by atoms with E-state index in [0.29, 0.717) is 11.4 Å². The van der Waals surface area contributed by atoms with Crippen LogP contribution in [0.3, 0.4) is 0 Å². The summed E-state index contributed by atoms with van der Waals surface area (Å²) in [7, 11) is -2.01. The fourth-order valence-corrected chi connectivity index (χ4v) is 4.79. The summed E-state index contributed by atoms with van der Waals surface area (Å²) in [5.41, 5.74) is 0.153. The van der Waals surface area contributed by atoms with E-state index in [1.165, 1.54) is 25.3 Å². The minimum Gasteiger partial charge on any atom is -0.497 e. The van der Waals surface area contributed by atoms with Gasteiger partial charge in [0.05, 0.1) is 36.3 Å². The number of hydrogen-bond acceptors (Lipinski definition) is 5. The first-order valence-corrected chi connectivity index (χ1v) is 9.75. The van der Waals surface area contributed by atoms with Gasteiger partial charge in [0.25, 0.3) is 5.91 Å². The van der Waals surface area contributed by atoms with E-state index in [4.69, 9.17) is 4.74 Å². The summed E-state index contributed by atoms with van der Waals surface area (Å²) in [5, 5.41) is 10.2. The number of carbonyl (C=O) groups excluding carboxylic acids is 1. The summed E-state index contributed by atoms with van der Waals surface area (Å²) in [6.45, 7) is 0. The molecule has 0 aromatic heterocycles. The molecule has 1 saturated heterocycles. The summed E-state index contributed by atoms with van der Waals surface area (Å²) in [6, 6.07) is 10.8. The minimum atomic E-state index is -3.50. The molecule has 2 aromatic rings. The standard InChI is InChI=1S/C18H18FNO5S/c1-25-13-8-6-12(7-9-13)20(16-10-26(23,24)11-17(16)21)18(22)14-4-2-3-5-15(14)19/h2-9,16-17,21H,10-11H2,1H3. The molecule has 0 aliphatic carbocycles. The molecule has 0 radical (unpaired) electrons. The second-order valence-electron chi connectivity index (χ2n) is 6.06. The maximum Gasteiger partial charge on any atom is 0.261 e. The molecule has 0 spiro atoms. The Kier molecular flexibility index (Phi) is 4.97. The number of amides is 1. The molecule has 6 nitrogen and oxygen atoms in total. The van der Waals surface area contributed by atoms with Crippen molar-refractivity contribution in [2.75, 3.05) is 23.5 Å². The lowest BCUT2D eigenvalue weighted by Gasteiger charge is -2.30. The number of aliphatic hydroxyl groups excluding tert-OH is 1. The molecule has 2 atom stereocenters. The van der Waals surface area contributed by atoms with E-state index >= 15 is 0 Å². The molecule has 1 fully saturated rings. The summed E-state index contributed by atoms with van der Waals surface area (Å²) < 4.78 is 43.1. The maximum atomic E-state index is 14.1. The van der Waals surface area contributed by atoms with Crippen molar-refractivity contribution in [3.05, 3.63) is 59.9 Å². The Morgan fingerprint density at radius 2 is 1.81 bits per heavy atom.